The normalized spacial score (nSPS) is 12.3. The van der Waals surface area contributed by atoms with Crippen LogP contribution in [-0.2, 0) is 0 Å². The van der Waals surface area contributed by atoms with Crippen LogP contribution >= 0.6 is 12.2 Å². The van der Waals surface area contributed by atoms with Crippen molar-refractivity contribution in [1.29, 1.82) is 0 Å². The highest BCUT2D eigenvalue weighted by Gasteiger charge is 2.16. The van der Waals surface area contributed by atoms with Gasteiger partial charge >= 0.3 is 0 Å². The molecule has 0 radical (unpaired) electrons. The van der Waals surface area contributed by atoms with E-state index in [0.29, 0.717) is 4.77 Å². The average molecular weight is 296 g/mol. The highest BCUT2D eigenvalue weighted by atomic mass is 32.1. The molecule has 3 rings (SSSR count). The SMILES string of the molecule is Cc1ccc(C(C)n2c(-c3ccccn3)n[nH]c2=S)cc1. The summed E-state index contributed by atoms with van der Waals surface area (Å²) >= 11 is 5.39. The van der Waals surface area contributed by atoms with E-state index in [9.17, 15) is 0 Å². The monoisotopic (exact) mass is 296 g/mol. The van der Waals surface area contributed by atoms with Crippen molar-refractivity contribution in [3.05, 3.63) is 64.6 Å². The first-order valence-corrected chi connectivity index (χ1v) is 7.22. The molecule has 0 amide bonds. The molecule has 0 spiro atoms. The Balaban J connectivity index is 2.08. The second-order valence-corrected chi connectivity index (χ2v) is 5.41. The first-order chi connectivity index (χ1) is 10.2. The Kier molecular flexibility index (Phi) is 3.66. The van der Waals surface area contributed by atoms with Gasteiger partial charge in [-0.05, 0) is 43.8 Å². The number of aromatic nitrogens is 4. The smallest absolute Gasteiger partial charge is 0.196 e. The third-order valence-corrected chi connectivity index (χ3v) is 3.83. The maximum Gasteiger partial charge on any atom is 0.196 e. The molecule has 0 fully saturated rings. The lowest BCUT2D eigenvalue weighted by Gasteiger charge is -2.16. The summed E-state index contributed by atoms with van der Waals surface area (Å²) in [7, 11) is 0. The molecule has 4 nitrogen and oxygen atoms in total. The second-order valence-electron chi connectivity index (χ2n) is 5.02. The van der Waals surface area contributed by atoms with Crippen molar-refractivity contribution in [3.63, 3.8) is 0 Å². The van der Waals surface area contributed by atoms with Crippen molar-refractivity contribution in [2.24, 2.45) is 0 Å². The second kappa shape index (κ2) is 5.61. The summed E-state index contributed by atoms with van der Waals surface area (Å²) in [6.07, 6.45) is 1.76. The van der Waals surface area contributed by atoms with E-state index in [1.165, 1.54) is 11.1 Å². The Morgan fingerprint density at radius 1 is 1.14 bits per heavy atom. The fourth-order valence-corrected chi connectivity index (χ4v) is 2.62. The molecule has 0 saturated heterocycles. The molecule has 1 aromatic carbocycles. The minimum absolute atomic E-state index is 0.0915. The van der Waals surface area contributed by atoms with Crippen LogP contribution in [0.25, 0.3) is 11.5 Å². The molecule has 0 aliphatic heterocycles. The molecule has 0 bridgehead atoms. The molecule has 0 aliphatic rings. The van der Waals surface area contributed by atoms with Gasteiger partial charge < -0.3 is 0 Å². The molecule has 0 saturated carbocycles. The van der Waals surface area contributed by atoms with Crippen LogP contribution in [0.15, 0.2) is 48.7 Å². The summed E-state index contributed by atoms with van der Waals surface area (Å²) in [6.45, 7) is 4.19. The largest absolute Gasteiger partial charge is 0.292 e. The van der Waals surface area contributed by atoms with Gasteiger partial charge in [0.15, 0.2) is 10.6 Å². The van der Waals surface area contributed by atoms with E-state index in [2.05, 4.69) is 53.3 Å². The molecule has 2 aromatic heterocycles. The highest BCUT2D eigenvalue weighted by molar-refractivity contribution is 7.71. The summed E-state index contributed by atoms with van der Waals surface area (Å²) in [6, 6.07) is 14.3. The van der Waals surface area contributed by atoms with E-state index in [0.717, 1.165) is 11.5 Å². The van der Waals surface area contributed by atoms with Crippen molar-refractivity contribution >= 4 is 12.2 Å². The molecule has 21 heavy (non-hydrogen) atoms. The number of aromatic amines is 1. The van der Waals surface area contributed by atoms with Crippen LogP contribution in [0.2, 0.25) is 0 Å². The quantitative estimate of drug-likeness (QED) is 0.745. The first kappa shape index (κ1) is 13.7. The lowest BCUT2D eigenvalue weighted by atomic mass is 10.1. The molecule has 1 atom stereocenters. The van der Waals surface area contributed by atoms with Gasteiger partial charge in [-0.25, -0.2) is 0 Å². The number of H-pyrrole nitrogens is 1. The van der Waals surface area contributed by atoms with Gasteiger partial charge in [-0.15, -0.1) is 0 Å². The fourth-order valence-electron chi connectivity index (χ4n) is 2.33. The molecule has 2 heterocycles. The minimum atomic E-state index is 0.0915. The zero-order valence-electron chi connectivity index (χ0n) is 11.9. The van der Waals surface area contributed by atoms with Crippen LogP contribution in [0, 0.1) is 11.7 Å². The molecule has 106 valence electrons. The lowest BCUT2D eigenvalue weighted by molar-refractivity contribution is 0.634. The lowest BCUT2D eigenvalue weighted by Crippen LogP contribution is -2.09. The number of nitrogens with zero attached hydrogens (tertiary/aromatic N) is 3. The van der Waals surface area contributed by atoms with Crippen molar-refractivity contribution in [1.82, 2.24) is 19.7 Å². The fraction of sp³-hybridized carbons (Fsp3) is 0.188. The Labute approximate surface area is 128 Å². The maximum atomic E-state index is 5.39. The van der Waals surface area contributed by atoms with Gasteiger partial charge in [-0.3, -0.25) is 14.6 Å². The minimum Gasteiger partial charge on any atom is -0.292 e. The van der Waals surface area contributed by atoms with Gasteiger partial charge in [0.2, 0.25) is 0 Å². The predicted octanol–water partition coefficient (Wildman–Crippen LogP) is 3.92. The van der Waals surface area contributed by atoms with Crippen LogP contribution in [-0.4, -0.2) is 19.7 Å². The van der Waals surface area contributed by atoms with Crippen molar-refractivity contribution in [2.45, 2.75) is 19.9 Å². The first-order valence-electron chi connectivity index (χ1n) is 6.81. The number of hydrogen-bond donors (Lipinski definition) is 1. The number of pyridine rings is 1. The Morgan fingerprint density at radius 3 is 2.57 bits per heavy atom. The van der Waals surface area contributed by atoms with Crippen LogP contribution in [0.1, 0.15) is 24.1 Å². The number of rotatable bonds is 3. The van der Waals surface area contributed by atoms with Gasteiger partial charge in [-0.2, -0.15) is 5.10 Å². The number of hydrogen-bond acceptors (Lipinski definition) is 3. The molecular formula is C16H16N4S. The predicted molar refractivity (Wildman–Crippen MR) is 85.6 cm³/mol. The number of aryl methyl sites for hydroxylation is 1. The van der Waals surface area contributed by atoms with Gasteiger partial charge in [0.25, 0.3) is 0 Å². The van der Waals surface area contributed by atoms with Crippen LogP contribution in [0.3, 0.4) is 0 Å². The van der Waals surface area contributed by atoms with E-state index < -0.39 is 0 Å². The number of benzene rings is 1. The molecule has 1 unspecified atom stereocenters. The molecule has 5 heteroatoms. The summed E-state index contributed by atoms with van der Waals surface area (Å²) in [4.78, 5) is 4.36. The summed E-state index contributed by atoms with van der Waals surface area (Å²) in [5.41, 5.74) is 3.24. The van der Waals surface area contributed by atoms with Gasteiger partial charge in [0, 0.05) is 6.20 Å². The van der Waals surface area contributed by atoms with Crippen LogP contribution in [0.5, 0.6) is 0 Å². The van der Waals surface area contributed by atoms with Gasteiger partial charge in [0.05, 0.1) is 6.04 Å². The molecule has 3 aromatic rings. The standard InChI is InChI=1S/C16H16N4S/c1-11-6-8-13(9-7-11)12(2)20-15(18-19-16(20)21)14-5-3-4-10-17-14/h3-10,12H,1-2H3,(H,19,21). The zero-order valence-corrected chi connectivity index (χ0v) is 12.8. The van der Waals surface area contributed by atoms with E-state index in [-0.39, 0.29) is 6.04 Å². The Bertz CT molecular complexity index is 787. The summed E-state index contributed by atoms with van der Waals surface area (Å²) in [5, 5.41) is 7.21. The van der Waals surface area contributed by atoms with E-state index in [1.54, 1.807) is 6.20 Å². The average Bonchev–Trinajstić information content (AvgIpc) is 2.90. The van der Waals surface area contributed by atoms with Crippen molar-refractivity contribution in [3.8, 4) is 11.5 Å². The summed E-state index contributed by atoms with van der Waals surface area (Å²) in [5.74, 6) is 0.758. The van der Waals surface area contributed by atoms with E-state index in [4.69, 9.17) is 12.2 Å². The number of nitrogens with one attached hydrogen (secondary N) is 1. The van der Waals surface area contributed by atoms with Gasteiger partial charge in [-0.1, -0.05) is 35.9 Å². The molecule has 0 aliphatic carbocycles. The third kappa shape index (κ3) is 2.64. The summed E-state index contributed by atoms with van der Waals surface area (Å²) < 4.78 is 2.60. The molecular weight excluding hydrogens is 280 g/mol. The topological polar surface area (TPSA) is 46.5 Å². The van der Waals surface area contributed by atoms with Crippen molar-refractivity contribution in [2.75, 3.05) is 0 Å². The van der Waals surface area contributed by atoms with E-state index in [1.807, 2.05) is 22.8 Å². The zero-order chi connectivity index (χ0) is 14.8. The van der Waals surface area contributed by atoms with Crippen LogP contribution < -0.4 is 0 Å². The maximum absolute atomic E-state index is 5.39. The highest BCUT2D eigenvalue weighted by Crippen LogP contribution is 2.24. The molecule has 1 N–H and O–H groups in total. The van der Waals surface area contributed by atoms with Crippen LogP contribution in [0.4, 0.5) is 0 Å². The third-order valence-electron chi connectivity index (χ3n) is 3.55. The van der Waals surface area contributed by atoms with Crippen molar-refractivity contribution < 1.29 is 0 Å². The Morgan fingerprint density at radius 2 is 1.90 bits per heavy atom. The Hall–Kier alpha value is -2.27. The van der Waals surface area contributed by atoms with E-state index >= 15 is 0 Å². The van der Waals surface area contributed by atoms with Gasteiger partial charge in [0.1, 0.15) is 5.69 Å².